The van der Waals surface area contributed by atoms with E-state index in [9.17, 15) is 18.4 Å². The fraction of sp³-hybridized carbons (Fsp3) is 0.462. The van der Waals surface area contributed by atoms with Gasteiger partial charge in [0.15, 0.2) is 0 Å². The summed E-state index contributed by atoms with van der Waals surface area (Å²) in [5, 5.41) is 0. The van der Waals surface area contributed by atoms with Crippen LogP contribution in [0.2, 0.25) is 0 Å². The van der Waals surface area contributed by atoms with Crippen LogP contribution in [0.1, 0.15) is 47.9 Å². The van der Waals surface area contributed by atoms with E-state index in [-0.39, 0.29) is 48.4 Å². The summed E-state index contributed by atoms with van der Waals surface area (Å²) in [6.45, 7) is 1.63. The number of halogens is 2. The number of fused-ring (bicyclic) bond motifs is 2. The summed E-state index contributed by atoms with van der Waals surface area (Å²) < 4.78 is 28.6. The van der Waals surface area contributed by atoms with Crippen molar-refractivity contribution in [1.82, 2.24) is 9.80 Å². The van der Waals surface area contributed by atoms with Crippen LogP contribution in [0.15, 0.2) is 36.4 Å². The lowest BCUT2D eigenvalue weighted by Gasteiger charge is -2.39. The van der Waals surface area contributed by atoms with Crippen molar-refractivity contribution < 1.29 is 18.4 Å². The molecule has 0 radical (unpaired) electrons. The largest absolute Gasteiger partial charge is 0.338 e. The summed E-state index contributed by atoms with van der Waals surface area (Å²) >= 11 is 0. The third-order valence-corrected chi connectivity index (χ3v) is 7.46. The molecular formula is C26H28F2N2O2. The quantitative estimate of drug-likeness (QED) is 0.704. The van der Waals surface area contributed by atoms with Gasteiger partial charge < -0.3 is 9.80 Å². The van der Waals surface area contributed by atoms with E-state index in [0.717, 1.165) is 24.0 Å². The van der Waals surface area contributed by atoms with Gasteiger partial charge in [0.05, 0.1) is 0 Å². The Hall–Kier alpha value is -2.76. The maximum absolute atomic E-state index is 14.3. The highest BCUT2D eigenvalue weighted by Crippen LogP contribution is 2.35. The van der Waals surface area contributed by atoms with Crippen molar-refractivity contribution in [2.45, 2.75) is 51.6 Å². The molecule has 2 aromatic rings. The Bertz CT molecular complexity index is 971. The maximum atomic E-state index is 14.3. The fourth-order valence-electron chi connectivity index (χ4n) is 5.65. The number of nitrogens with zero attached hydrogens (tertiary/aromatic N) is 2. The number of rotatable bonds is 2. The molecular weight excluding hydrogens is 410 g/mol. The summed E-state index contributed by atoms with van der Waals surface area (Å²) in [6, 6.07) is 10.1. The molecule has 1 fully saturated rings. The Balaban J connectivity index is 1.33. The zero-order valence-electron chi connectivity index (χ0n) is 18.2. The van der Waals surface area contributed by atoms with Gasteiger partial charge in [-0.15, -0.1) is 0 Å². The van der Waals surface area contributed by atoms with E-state index in [1.807, 2.05) is 12.1 Å². The Labute approximate surface area is 187 Å². The van der Waals surface area contributed by atoms with Crippen LogP contribution in [0.5, 0.6) is 0 Å². The average Bonchev–Trinajstić information content (AvgIpc) is 2.83. The summed E-state index contributed by atoms with van der Waals surface area (Å²) in [5.41, 5.74) is 3.10. The molecule has 5 rings (SSSR count). The van der Waals surface area contributed by atoms with Crippen LogP contribution < -0.4 is 0 Å². The summed E-state index contributed by atoms with van der Waals surface area (Å²) in [4.78, 5) is 30.5. The van der Waals surface area contributed by atoms with Gasteiger partial charge in [0.1, 0.15) is 11.6 Å². The highest BCUT2D eigenvalue weighted by molar-refractivity contribution is 5.88. The van der Waals surface area contributed by atoms with E-state index in [0.29, 0.717) is 49.9 Å². The molecule has 2 aromatic carbocycles. The minimum atomic E-state index is -0.383. The number of amides is 2. The minimum Gasteiger partial charge on any atom is -0.338 e. The van der Waals surface area contributed by atoms with Gasteiger partial charge >= 0.3 is 0 Å². The van der Waals surface area contributed by atoms with Gasteiger partial charge in [0.25, 0.3) is 0 Å². The number of carbonyl (C=O) groups excluding carboxylic acids is 2. The van der Waals surface area contributed by atoms with E-state index in [1.165, 1.54) is 12.1 Å². The second-order valence-corrected chi connectivity index (χ2v) is 9.27. The lowest BCUT2D eigenvalue weighted by molar-refractivity contribution is -0.149. The van der Waals surface area contributed by atoms with Crippen LogP contribution in [0.3, 0.4) is 0 Å². The van der Waals surface area contributed by atoms with Gasteiger partial charge in [-0.05, 0) is 48.9 Å². The molecule has 2 atom stereocenters. The van der Waals surface area contributed by atoms with Crippen LogP contribution >= 0.6 is 0 Å². The van der Waals surface area contributed by atoms with Gasteiger partial charge in [0, 0.05) is 49.1 Å². The monoisotopic (exact) mass is 438 g/mol. The number of benzene rings is 2. The lowest BCUT2D eigenvalue weighted by atomic mass is 9.77. The van der Waals surface area contributed by atoms with E-state index in [4.69, 9.17) is 0 Å². The minimum absolute atomic E-state index is 0.0412. The van der Waals surface area contributed by atoms with Gasteiger partial charge in [-0.3, -0.25) is 9.59 Å². The van der Waals surface area contributed by atoms with Gasteiger partial charge in [-0.1, -0.05) is 37.1 Å². The van der Waals surface area contributed by atoms with Crippen LogP contribution in [-0.4, -0.2) is 34.7 Å². The molecule has 4 nitrogen and oxygen atoms in total. The molecule has 0 unspecified atom stereocenters. The first kappa shape index (κ1) is 21.1. The molecule has 0 N–H and O–H groups in total. The summed E-state index contributed by atoms with van der Waals surface area (Å²) in [6.07, 6.45) is 4.44. The molecule has 1 saturated carbocycles. The number of hydrogen-bond acceptors (Lipinski definition) is 2. The van der Waals surface area contributed by atoms with Crippen LogP contribution in [0.25, 0.3) is 0 Å². The first-order valence-corrected chi connectivity index (χ1v) is 11.6. The van der Waals surface area contributed by atoms with Crippen LogP contribution in [0.4, 0.5) is 8.78 Å². The summed E-state index contributed by atoms with van der Waals surface area (Å²) in [5.74, 6) is -1.39. The molecule has 2 aliphatic heterocycles. The van der Waals surface area contributed by atoms with Crippen molar-refractivity contribution in [2.75, 3.05) is 13.1 Å². The molecule has 0 spiro atoms. The van der Waals surface area contributed by atoms with Crippen LogP contribution in [0, 0.1) is 23.5 Å². The van der Waals surface area contributed by atoms with Crippen molar-refractivity contribution in [2.24, 2.45) is 11.8 Å². The average molecular weight is 439 g/mol. The molecule has 1 aliphatic carbocycles. The summed E-state index contributed by atoms with van der Waals surface area (Å²) in [7, 11) is 0. The predicted octanol–water partition coefficient (Wildman–Crippen LogP) is 4.24. The van der Waals surface area contributed by atoms with E-state index in [2.05, 4.69) is 0 Å². The molecule has 168 valence electrons. The first-order chi connectivity index (χ1) is 15.5. The standard InChI is InChI=1S/C26H28F2N2O2/c27-23-9-3-5-17-11-13-29(15-21(17)23)25(31)19-7-1-2-8-20(19)26(32)30-14-12-18-6-4-10-24(28)22(18)16-30/h3-6,9-10,19-20H,1-2,7-8,11-16H2/t19-,20-/m1/s1. The zero-order chi connectivity index (χ0) is 22.2. The third kappa shape index (κ3) is 3.80. The van der Waals surface area contributed by atoms with Crippen molar-refractivity contribution in [3.05, 3.63) is 70.3 Å². The molecule has 3 aliphatic rings. The van der Waals surface area contributed by atoms with Crippen molar-refractivity contribution in [3.8, 4) is 0 Å². The lowest BCUT2D eigenvalue weighted by Crippen LogP contribution is -2.48. The maximum Gasteiger partial charge on any atom is 0.226 e. The Morgan fingerprint density at radius 2 is 1.16 bits per heavy atom. The molecule has 0 aromatic heterocycles. The number of hydrogen-bond donors (Lipinski definition) is 0. The molecule has 2 heterocycles. The smallest absolute Gasteiger partial charge is 0.226 e. The second-order valence-electron chi connectivity index (χ2n) is 9.27. The van der Waals surface area contributed by atoms with E-state index in [1.54, 1.807) is 21.9 Å². The Morgan fingerprint density at radius 1 is 0.719 bits per heavy atom. The first-order valence-electron chi connectivity index (χ1n) is 11.6. The molecule has 0 bridgehead atoms. The molecule has 6 heteroatoms. The van der Waals surface area contributed by atoms with Gasteiger partial charge in [-0.25, -0.2) is 8.78 Å². The van der Waals surface area contributed by atoms with Crippen molar-refractivity contribution in [1.29, 1.82) is 0 Å². The fourth-order valence-corrected chi connectivity index (χ4v) is 5.65. The highest BCUT2D eigenvalue weighted by Gasteiger charge is 2.41. The van der Waals surface area contributed by atoms with Crippen LogP contribution in [-0.2, 0) is 35.5 Å². The topological polar surface area (TPSA) is 40.6 Å². The highest BCUT2D eigenvalue weighted by atomic mass is 19.1. The van der Waals surface area contributed by atoms with Crippen molar-refractivity contribution in [3.63, 3.8) is 0 Å². The normalized spacial score (nSPS) is 22.8. The predicted molar refractivity (Wildman–Crippen MR) is 116 cm³/mol. The Kier molecular flexibility index (Phi) is 5.70. The molecule has 2 amide bonds. The Morgan fingerprint density at radius 3 is 1.59 bits per heavy atom. The second kappa shape index (κ2) is 8.64. The SMILES string of the molecule is O=C([C@@H]1CCCC[C@H]1C(=O)N1CCc2cccc(F)c2C1)N1CCc2cccc(F)c2C1. The molecule has 0 saturated heterocycles. The third-order valence-electron chi connectivity index (χ3n) is 7.46. The van der Waals surface area contributed by atoms with E-state index >= 15 is 0 Å². The van der Waals surface area contributed by atoms with Crippen molar-refractivity contribution >= 4 is 11.8 Å². The molecule has 32 heavy (non-hydrogen) atoms. The van der Waals surface area contributed by atoms with E-state index < -0.39 is 0 Å². The van der Waals surface area contributed by atoms with Gasteiger partial charge in [0.2, 0.25) is 11.8 Å². The zero-order valence-corrected chi connectivity index (χ0v) is 18.2. The van der Waals surface area contributed by atoms with Gasteiger partial charge in [-0.2, -0.15) is 0 Å². The number of carbonyl (C=O) groups is 2.